The fourth-order valence-corrected chi connectivity index (χ4v) is 5.58. The average molecular weight is 440 g/mol. The zero-order valence-electron chi connectivity index (χ0n) is 17.0. The molecular weight excluding hydrogens is 418 g/mol. The number of fused-ring (bicyclic) bond motifs is 2. The summed E-state index contributed by atoms with van der Waals surface area (Å²) in [6, 6.07) is 10.9. The maximum Gasteiger partial charge on any atom is 0.261 e. The van der Waals surface area contributed by atoms with Crippen LogP contribution in [0, 0.1) is 0 Å². The molecule has 160 valence electrons. The number of methoxy groups -OCH3 is 1. The maximum atomic E-state index is 12.9. The number of amides is 1. The molecule has 1 aromatic heterocycles. The van der Waals surface area contributed by atoms with Crippen molar-refractivity contribution in [1.82, 2.24) is 15.1 Å². The molecule has 1 aliphatic heterocycles. The highest BCUT2D eigenvalue weighted by atomic mass is 35.5. The van der Waals surface area contributed by atoms with E-state index in [1.807, 2.05) is 22.9 Å². The minimum Gasteiger partial charge on any atom is -0.497 e. The van der Waals surface area contributed by atoms with Crippen LogP contribution in [-0.4, -0.2) is 39.5 Å². The molecule has 3 saturated carbocycles. The van der Waals surface area contributed by atoms with Crippen LogP contribution in [0.4, 0.5) is 0 Å². The zero-order valence-corrected chi connectivity index (χ0v) is 17.7. The molecule has 31 heavy (non-hydrogen) atoms. The van der Waals surface area contributed by atoms with E-state index < -0.39 is 12.2 Å². The number of carbonyl (C=O) groups is 1. The lowest BCUT2D eigenvalue weighted by molar-refractivity contribution is -0.164. The summed E-state index contributed by atoms with van der Waals surface area (Å²) in [5, 5.41) is 19.9. The van der Waals surface area contributed by atoms with Crippen molar-refractivity contribution in [1.29, 1.82) is 0 Å². The van der Waals surface area contributed by atoms with E-state index in [1.54, 1.807) is 25.3 Å². The number of halogens is 1. The van der Waals surface area contributed by atoms with Crippen LogP contribution in [-0.2, 0) is 10.3 Å². The van der Waals surface area contributed by atoms with Gasteiger partial charge in [0, 0.05) is 34.1 Å². The number of aliphatic hydroxyl groups is 1. The van der Waals surface area contributed by atoms with Crippen molar-refractivity contribution >= 4 is 28.4 Å². The quantitative estimate of drug-likeness (QED) is 0.651. The Balaban J connectivity index is 1.13. The molecule has 2 atom stereocenters. The summed E-state index contributed by atoms with van der Waals surface area (Å²) < 4.78 is 13.2. The van der Waals surface area contributed by atoms with Crippen molar-refractivity contribution in [2.24, 2.45) is 0 Å². The molecule has 3 aliphatic carbocycles. The third-order valence-corrected chi connectivity index (χ3v) is 7.15. The maximum absolute atomic E-state index is 12.9. The van der Waals surface area contributed by atoms with E-state index in [9.17, 15) is 9.90 Å². The minimum atomic E-state index is -0.772. The van der Waals surface area contributed by atoms with Gasteiger partial charge in [-0.2, -0.15) is 5.10 Å². The fraction of sp³-hybridized carbons (Fsp3) is 0.391. The number of rotatable bonds is 4. The predicted octanol–water partition coefficient (Wildman–Crippen LogP) is 3.33. The van der Waals surface area contributed by atoms with Crippen LogP contribution >= 0.6 is 11.6 Å². The second-order valence-corrected chi connectivity index (χ2v) is 9.50. The highest BCUT2D eigenvalue weighted by Gasteiger charge is 2.70. The number of ether oxygens (including phenoxy) is 2. The third kappa shape index (κ3) is 2.83. The van der Waals surface area contributed by atoms with Crippen LogP contribution in [0.1, 0.15) is 37.4 Å². The molecule has 8 heteroatoms. The van der Waals surface area contributed by atoms with Crippen LogP contribution in [0.2, 0.25) is 5.02 Å². The zero-order chi connectivity index (χ0) is 21.4. The van der Waals surface area contributed by atoms with Crippen LogP contribution in [0.5, 0.6) is 11.5 Å². The summed E-state index contributed by atoms with van der Waals surface area (Å²) in [7, 11) is 1.65. The summed E-state index contributed by atoms with van der Waals surface area (Å²) in [6.45, 7) is 0. The first kappa shape index (κ1) is 19.0. The van der Waals surface area contributed by atoms with Gasteiger partial charge in [-0.3, -0.25) is 9.48 Å². The van der Waals surface area contributed by atoms with Crippen molar-refractivity contribution in [2.75, 3.05) is 7.11 Å². The largest absolute Gasteiger partial charge is 0.497 e. The first-order valence-corrected chi connectivity index (χ1v) is 10.8. The molecular formula is C23H22ClN3O4. The van der Waals surface area contributed by atoms with E-state index in [0.29, 0.717) is 16.3 Å². The van der Waals surface area contributed by atoms with Crippen LogP contribution in [0.25, 0.3) is 10.9 Å². The normalized spacial score (nSPS) is 30.5. The van der Waals surface area contributed by atoms with E-state index >= 15 is 0 Å². The van der Waals surface area contributed by atoms with Crippen molar-refractivity contribution in [2.45, 2.75) is 49.0 Å². The number of carbonyl (C=O) groups excluding carboxylic acids is 1. The Bertz CT molecular complexity index is 1200. The van der Waals surface area contributed by atoms with E-state index in [-0.39, 0.29) is 23.4 Å². The summed E-state index contributed by atoms with van der Waals surface area (Å²) in [5.41, 5.74) is 1.33. The first-order valence-electron chi connectivity index (χ1n) is 10.4. The number of nitrogens with zero attached hydrogens (tertiary/aromatic N) is 2. The molecule has 0 unspecified atom stereocenters. The Morgan fingerprint density at radius 1 is 1.29 bits per heavy atom. The Labute approximate surface area is 183 Å². The van der Waals surface area contributed by atoms with E-state index in [4.69, 9.17) is 26.2 Å². The van der Waals surface area contributed by atoms with Crippen LogP contribution in [0.15, 0.2) is 42.6 Å². The van der Waals surface area contributed by atoms with Gasteiger partial charge in [0.2, 0.25) is 0 Å². The Hall–Kier alpha value is -2.77. The molecule has 0 radical (unpaired) electrons. The van der Waals surface area contributed by atoms with Gasteiger partial charge in [0.1, 0.15) is 11.5 Å². The van der Waals surface area contributed by atoms with E-state index in [2.05, 4.69) is 11.5 Å². The van der Waals surface area contributed by atoms with Gasteiger partial charge in [-0.1, -0.05) is 11.6 Å². The summed E-state index contributed by atoms with van der Waals surface area (Å²) in [6.07, 6.45) is 3.33. The van der Waals surface area contributed by atoms with Gasteiger partial charge in [0.05, 0.1) is 24.3 Å². The van der Waals surface area contributed by atoms with Crippen LogP contribution < -0.4 is 14.8 Å². The number of benzene rings is 2. The van der Waals surface area contributed by atoms with Gasteiger partial charge >= 0.3 is 0 Å². The van der Waals surface area contributed by atoms with Crippen molar-refractivity contribution in [3.05, 3.63) is 53.2 Å². The Morgan fingerprint density at radius 3 is 2.87 bits per heavy atom. The van der Waals surface area contributed by atoms with Gasteiger partial charge in [-0.25, -0.2) is 0 Å². The van der Waals surface area contributed by atoms with Gasteiger partial charge < -0.3 is 19.9 Å². The molecule has 7 nitrogen and oxygen atoms in total. The summed E-state index contributed by atoms with van der Waals surface area (Å²) >= 11 is 6.00. The molecule has 0 spiro atoms. The van der Waals surface area contributed by atoms with Gasteiger partial charge in [-0.05, 0) is 55.7 Å². The predicted molar refractivity (Wildman–Crippen MR) is 114 cm³/mol. The molecule has 0 saturated heterocycles. The van der Waals surface area contributed by atoms with Crippen molar-refractivity contribution in [3.63, 3.8) is 0 Å². The molecule has 4 aliphatic rings. The second-order valence-electron chi connectivity index (χ2n) is 9.06. The van der Waals surface area contributed by atoms with Crippen molar-refractivity contribution in [3.8, 4) is 11.5 Å². The monoisotopic (exact) mass is 439 g/mol. The number of hydrogen-bond donors (Lipinski definition) is 2. The number of nitrogens with one attached hydrogen (secondary N) is 1. The topological polar surface area (TPSA) is 85.6 Å². The molecule has 3 fully saturated rings. The molecule has 3 aromatic rings. The number of hydrogen-bond acceptors (Lipinski definition) is 5. The lowest BCUT2D eigenvalue weighted by atomic mass is 9.44. The molecule has 2 aromatic carbocycles. The highest BCUT2D eigenvalue weighted by Crippen LogP contribution is 2.65. The van der Waals surface area contributed by atoms with Crippen molar-refractivity contribution < 1.29 is 19.4 Å². The second kappa shape index (κ2) is 6.37. The Kier molecular flexibility index (Phi) is 3.90. The molecule has 2 heterocycles. The molecule has 7 rings (SSSR count). The third-order valence-electron chi connectivity index (χ3n) is 6.92. The lowest BCUT2D eigenvalue weighted by Crippen LogP contribution is -2.79. The first-order chi connectivity index (χ1) is 14.9. The standard InChI is InChI=1S/C23H22ClN3O4/c1-30-15-3-4-17-13(6-15)9-27(26-17)23-10-22(11-23,12-23)25-21(29)20-8-18(28)16-7-14(24)2-5-19(16)31-20/h2-7,9,18,20,28H,8,10-12H2,1H3,(H,25,29)/t18-,20-,22?,23?/m1/s1. The molecule has 2 N–H and O–H groups in total. The van der Waals surface area contributed by atoms with Gasteiger partial charge in [0.25, 0.3) is 5.91 Å². The number of aliphatic hydroxyl groups excluding tert-OH is 1. The molecule has 2 bridgehead atoms. The summed E-state index contributed by atoms with van der Waals surface area (Å²) in [5.74, 6) is 1.14. The van der Waals surface area contributed by atoms with Gasteiger partial charge in [-0.15, -0.1) is 0 Å². The van der Waals surface area contributed by atoms with Gasteiger partial charge in [0.15, 0.2) is 6.10 Å². The summed E-state index contributed by atoms with van der Waals surface area (Å²) in [4.78, 5) is 12.9. The lowest BCUT2D eigenvalue weighted by Gasteiger charge is -2.70. The fourth-order valence-electron chi connectivity index (χ4n) is 5.40. The van der Waals surface area contributed by atoms with E-state index in [0.717, 1.165) is 35.9 Å². The highest BCUT2D eigenvalue weighted by molar-refractivity contribution is 6.30. The van der Waals surface area contributed by atoms with E-state index in [1.165, 1.54) is 0 Å². The minimum absolute atomic E-state index is 0.0319. The van der Waals surface area contributed by atoms with Crippen LogP contribution in [0.3, 0.4) is 0 Å². The average Bonchev–Trinajstić information content (AvgIpc) is 3.12. The molecule has 1 amide bonds. The smallest absolute Gasteiger partial charge is 0.261 e. The number of aromatic nitrogens is 2. The SMILES string of the molecule is COc1ccc2nn(C34CC(NC(=O)[C@H]5C[C@@H](O)c6cc(Cl)ccc6O5)(C3)C4)cc2c1. The Morgan fingerprint density at radius 2 is 2.10 bits per heavy atom.